The first-order valence-electron chi connectivity index (χ1n) is 9.71. The van der Waals surface area contributed by atoms with Gasteiger partial charge in [0.05, 0.1) is 0 Å². The Bertz CT molecular complexity index is 746. The van der Waals surface area contributed by atoms with Crippen molar-refractivity contribution in [3.63, 3.8) is 0 Å². The first-order chi connectivity index (χ1) is 11.9. The molecule has 2 aliphatic carbocycles. The molecule has 0 radical (unpaired) electrons. The molecule has 3 rings (SSSR count). The van der Waals surface area contributed by atoms with Gasteiger partial charge in [0.25, 0.3) is 0 Å². The Hall–Kier alpha value is -1.83. The van der Waals surface area contributed by atoms with Crippen molar-refractivity contribution in [2.75, 3.05) is 0 Å². The molecule has 1 fully saturated rings. The predicted octanol–water partition coefficient (Wildman–Crippen LogP) is 6.02. The maximum absolute atomic E-state index is 12.8. The van der Waals surface area contributed by atoms with Gasteiger partial charge < -0.3 is 4.74 Å². The molecule has 1 aromatic carbocycles. The van der Waals surface area contributed by atoms with Gasteiger partial charge in [-0.2, -0.15) is 0 Å². The van der Waals surface area contributed by atoms with Crippen LogP contribution in [0.25, 0.3) is 0 Å². The first kappa shape index (κ1) is 18.9. The molecule has 2 aliphatic rings. The molecule has 0 spiro atoms. The van der Waals surface area contributed by atoms with E-state index >= 15 is 0 Å². The van der Waals surface area contributed by atoms with Crippen molar-refractivity contribution in [3.05, 3.63) is 52.6 Å². The molecular weight excluding hydrogens is 320 g/mol. The lowest BCUT2D eigenvalue weighted by molar-refractivity contribution is -0.129. The van der Waals surface area contributed by atoms with E-state index in [2.05, 4.69) is 72.8 Å². The predicted molar refractivity (Wildman–Crippen MR) is 108 cm³/mol. The van der Waals surface area contributed by atoms with E-state index in [0.29, 0.717) is 11.8 Å². The van der Waals surface area contributed by atoms with Gasteiger partial charge in [-0.25, -0.2) is 4.79 Å². The van der Waals surface area contributed by atoms with Crippen LogP contribution in [0.2, 0.25) is 0 Å². The van der Waals surface area contributed by atoms with Crippen LogP contribution in [-0.2, 0) is 15.6 Å². The van der Waals surface area contributed by atoms with E-state index < -0.39 is 0 Å². The molecule has 0 unspecified atom stereocenters. The first-order valence-corrected chi connectivity index (χ1v) is 9.71. The second kappa shape index (κ2) is 6.40. The summed E-state index contributed by atoms with van der Waals surface area (Å²) in [5.41, 5.74) is 4.44. The van der Waals surface area contributed by atoms with Crippen LogP contribution < -0.4 is 4.74 Å². The summed E-state index contributed by atoms with van der Waals surface area (Å²) in [6, 6.07) is 4.32. The minimum atomic E-state index is -0.235. The maximum Gasteiger partial charge on any atom is 0.336 e. The second-order valence-electron chi connectivity index (χ2n) is 10.0. The standard InChI is InChI=1S/C24H32O2/c1-15-10-19(23(2,3)4)22(20(11-15)24(5,6)7)26-21(25)14-18-13-16-8-9-17(18)12-16/h8-11,14,16-17H,12-13H2,1-7H3/b18-14+/t16-,17+/m0/s1. The average molecular weight is 353 g/mol. The highest BCUT2D eigenvalue weighted by atomic mass is 16.5. The summed E-state index contributed by atoms with van der Waals surface area (Å²) in [5, 5.41) is 0. The Labute approximate surface area is 158 Å². The Morgan fingerprint density at radius 3 is 2.04 bits per heavy atom. The third-order valence-electron chi connectivity index (χ3n) is 5.50. The van der Waals surface area contributed by atoms with E-state index in [9.17, 15) is 4.79 Å². The van der Waals surface area contributed by atoms with Gasteiger partial charge in [-0.15, -0.1) is 0 Å². The van der Waals surface area contributed by atoms with Gasteiger partial charge in [-0.3, -0.25) is 0 Å². The maximum atomic E-state index is 12.8. The zero-order valence-electron chi connectivity index (χ0n) is 17.3. The molecule has 26 heavy (non-hydrogen) atoms. The fourth-order valence-electron chi connectivity index (χ4n) is 4.10. The molecule has 2 atom stereocenters. The number of allylic oxidation sites excluding steroid dienone is 3. The van der Waals surface area contributed by atoms with Crippen LogP contribution in [0.4, 0.5) is 0 Å². The number of esters is 1. The third-order valence-corrected chi connectivity index (χ3v) is 5.50. The lowest BCUT2D eigenvalue weighted by Gasteiger charge is -2.29. The molecule has 0 saturated heterocycles. The molecule has 1 aromatic rings. The molecule has 0 heterocycles. The molecular formula is C24H32O2. The van der Waals surface area contributed by atoms with Crippen molar-refractivity contribution in [2.24, 2.45) is 11.8 Å². The second-order valence-corrected chi connectivity index (χ2v) is 10.0. The fraction of sp³-hybridized carbons (Fsp3) is 0.542. The number of aryl methyl sites for hydroxylation is 1. The number of benzene rings is 1. The SMILES string of the molecule is Cc1cc(C(C)(C)C)c(OC(=O)/C=C2\C[C@H]3C=C[C@@H]2C3)c(C(C)(C)C)c1. The molecule has 140 valence electrons. The largest absolute Gasteiger partial charge is 0.423 e. The van der Waals surface area contributed by atoms with Gasteiger partial charge in [-0.1, -0.05) is 77.0 Å². The quantitative estimate of drug-likeness (QED) is 0.282. The molecule has 2 nitrogen and oxygen atoms in total. The molecule has 2 bridgehead atoms. The number of carbonyl (C=O) groups excluding carboxylic acids is 1. The van der Waals surface area contributed by atoms with Crippen molar-refractivity contribution in [1.82, 2.24) is 0 Å². The van der Waals surface area contributed by atoms with E-state index in [4.69, 9.17) is 4.74 Å². The van der Waals surface area contributed by atoms with E-state index in [1.165, 1.54) is 11.1 Å². The minimum Gasteiger partial charge on any atom is -0.423 e. The topological polar surface area (TPSA) is 26.3 Å². The minimum absolute atomic E-state index is 0.0933. The summed E-state index contributed by atoms with van der Waals surface area (Å²) >= 11 is 0. The molecule has 0 aromatic heterocycles. The summed E-state index contributed by atoms with van der Waals surface area (Å²) in [6.45, 7) is 15.1. The van der Waals surface area contributed by atoms with Crippen LogP contribution in [0.3, 0.4) is 0 Å². The lowest BCUT2D eigenvalue weighted by atomic mass is 9.78. The van der Waals surface area contributed by atoms with Gasteiger partial charge in [-0.05, 0) is 42.4 Å². The van der Waals surface area contributed by atoms with E-state index in [-0.39, 0.29) is 16.8 Å². The highest BCUT2D eigenvalue weighted by molar-refractivity contribution is 5.86. The van der Waals surface area contributed by atoms with Crippen molar-refractivity contribution >= 4 is 5.97 Å². The number of ether oxygens (including phenoxy) is 1. The summed E-state index contributed by atoms with van der Waals surface area (Å²) < 4.78 is 6.01. The van der Waals surface area contributed by atoms with Crippen molar-refractivity contribution in [1.29, 1.82) is 0 Å². The monoisotopic (exact) mass is 352 g/mol. The Morgan fingerprint density at radius 2 is 1.62 bits per heavy atom. The molecule has 0 N–H and O–H groups in total. The molecule has 1 saturated carbocycles. The van der Waals surface area contributed by atoms with Gasteiger partial charge in [0.2, 0.25) is 0 Å². The van der Waals surface area contributed by atoms with Gasteiger partial charge in [0, 0.05) is 17.2 Å². The Morgan fingerprint density at radius 1 is 1.04 bits per heavy atom. The van der Waals surface area contributed by atoms with Crippen LogP contribution >= 0.6 is 0 Å². The normalized spacial score (nSPS) is 23.7. The van der Waals surface area contributed by atoms with Crippen LogP contribution in [0.15, 0.2) is 35.9 Å². The highest BCUT2D eigenvalue weighted by Crippen LogP contribution is 2.44. The van der Waals surface area contributed by atoms with Crippen molar-refractivity contribution in [3.8, 4) is 5.75 Å². The lowest BCUT2D eigenvalue weighted by Crippen LogP contribution is -2.22. The average Bonchev–Trinajstić information content (AvgIpc) is 3.09. The Balaban J connectivity index is 1.99. The molecule has 0 amide bonds. The zero-order valence-corrected chi connectivity index (χ0v) is 17.3. The van der Waals surface area contributed by atoms with Crippen molar-refractivity contribution in [2.45, 2.75) is 72.1 Å². The van der Waals surface area contributed by atoms with E-state index in [1.54, 1.807) is 6.08 Å². The van der Waals surface area contributed by atoms with Gasteiger partial charge in [0.1, 0.15) is 5.75 Å². The Kier molecular flexibility index (Phi) is 4.67. The number of hydrogen-bond donors (Lipinski definition) is 0. The van der Waals surface area contributed by atoms with Crippen LogP contribution in [0, 0.1) is 18.8 Å². The zero-order chi connectivity index (χ0) is 19.3. The number of hydrogen-bond acceptors (Lipinski definition) is 2. The van der Waals surface area contributed by atoms with Crippen LogP contribution in [0.1, 0.15) is 71.1 Å². The summed E-state index contributed by atoms with van der Waals surface area (Å²) in [5.74, 6) is 1.57. The third kappa shape index (κ3) is 3.79. The van der Waals surface area contributed by atoms with Gasteiger partial charge >= 0.3 is 5.97 Å². The van der Waals surface area contributed by atoms with E-state index in [0.717, 1.165) is 29.7 Å². The molecule has 0 aliphatic heterocycles. The number of rotatable bonds is 2. The van der Waals surface area contributed by atoms with Crippen LogP contribution in [0.5, 0.6) is 5.75 Å². The van der Waals surface area contributed by atoms with Crippen LogP contribution in [-0.4, -0.2) is 5.97 Å². The van der Waals surface area contributed by atoms with E-state index in [1.807, 2.05) is 0 Å². The number of fused-ring (bicyclic) bond motifs is 2. The fourth-order valence-corrected chi connectivity index (χ4v) is 4.10. The van der Waals surface area contributed by atoms with Gasteiger partial charge in [0.15, 0.2) is 0 Å². The smallest absolute Gasteiger partial charge is 0.336 e. The summed E-state index contributed by atoms with van der Waals surface area (Å²) in [7, 11) is 0. The number of carbonyl (C=O) groups is 1. The van der Waals surface area contributed by atoms with Crippen molar-refractivity contribution < 1.29 is 9.53 Å². The highest BCUT2D eigenvalue weighted by Gasteiger charge is 2.32. The molecule has 2 heteroatoms. The summed E-state index contributed by atoms with van der Waals surface area (Å²) in [6.07, 6.45) is 8.42. The summed E-state index contributed by atoms with van der Waals surface area (Å²) in [4.78, 5) is 12.8.